The van der Waals surface area contributed by atoms with E-state index >= 15 is 0 Å². The first-order chi connectivity index (χ1) is 9.68. The van der Waals surface area contributed by atoms with Crippen LogP contribution in [0.15, 0.2) is 35.9 Å². The van der Waals surface area contributed by atoms with Gasteiger partial charge in [0.15, 0.2) is 0 Å². The summed E-state index contributed by atoms with van der Waals surface area (Å²) in [6.45, 7) is 3.67. The smallest absolute Gasteiger partial charge is 0.338 e. The van der Waals surface area contributed by atoms with Crippen LogP contribution < -0.4 is 0 Å². The van der Waals surface area contributed by atoms with Crippen LogP contribution in [0.2, 0.25) is 0 Å². The summed E-state index contributed by atoms with van der Waals surface area (Å²) in [5.74, 6) is 0.212. The van der Waals surface area contributed by atoms with Crippen molar-refractivity contribution < 1.29 is 13.2 Å². The average Bonchev–Trinajstić information content (AvgIpc) is 2.78. The van der Waals surface area contributed by atoms with E-state index < -0.39 is 11.7 Å². The Labute approximate surface area is 127 Å². The summed E-state index contributed by atoms with van der Waals surface area (Å²) in [5.41, 5.74) is 0.0165. The Hall–Kier alpha value is -1.79. The van der Waals surface area contributed by atoms with Crippen LogP contribution >= 0.6 is 23.2 Å². The molecule has 0 aliphatic heterocycles. The maximum absolute atomic E-state index is 12.6. The third-order valence-electron chi connectivity index (χ3n) is 2.64. The normalized spacial score (nSPS) is 12.7. The van der Waals surface area contributed by atoms with Gasteiger partial charge in [0, 0.05) is 5.57 Å². The highest BCUT2D eigenvalue weighted by Crippen LogP contribution is 2.32. The summed E-state index contributed by atoms with van der Waals surface area (Å²) >= 11 is 11.3. The molecule has 0 fully saturated rings. The molecule has 2 rings (SSSR count). The highest BCUT2D eigenvalue weighted by atomic mass is 35.5. The fraction of sp³-hybridized carbons (Fsp3) is 0.0769. The number of nitrogens with zero attached hydrogens (tertiary/aromatic N) is 1. The molecule has 0 amide bonds. The van der Waals surface area contributed by atoms with Crippen molar-refractivity contribution in [1.82, 2.24) is 9.97 Å². The number of fused-ring (bicyclic) bond motifs is 1. The Kier molecular flexibility index (Phi) is 4.11. The second kappa shape index (κ2) is 5.54. The van der Waals surface area contributed by atoms with Gasteiger partial charge in [0.05, 0.1) is 21.6 Å². The Morgan fingerprint density at radius 3 is 2.57 bits per heavy atom. The van der Waals surface area contributed by atoms with Crippen LogP contribution in [0.5, 0.6) is 0 Å². The first-order valence-corrected chi connectivity index (χ1v) is 6.32. The topological polar surface area (TPSA) is 52.5 Å². The summed E-state index contributed by atoms with van der Waals surface area (Å²) in [6, 6.07) is 3.16. The highest BCUT2D eigenvalue weighted by molar-refractivity contribution is 6.68. The number of nitrogens with one attached hydrogen (secondary N) is 2. The Balaban J connectivity index is 2.44. The van der Waals surface area contributed by atoms with Crippen molar-refractivity contribution in [3.63, 3.8) is 0 Å². The standard InChI is InChI=1S/C13H8Cl2F3N3/c1-6(8(14)5-11(15)19)12-20-9-3-2-7(13(16,17)18)4-10(9)21-12/h2-5,19H,1H2,(H,20,21)/b8-5+,19-11?. The Morgan fingerprint density at radius 2 is 2.00 bits per heavy atom. The first kappa shape index (κ1) is 15.6. The van der Waals surface area contributed by atoms with Crippen molar-refractivity contribution in [1.29, 1.82) is 5.41 Å². The molecular weight excluding hydrogens is 326 g/mol. The van der Waals surface area contributed by atoms with Crippen LogP contribution in [0.4, 0.5) is 13.2 Å². The van der Waals surface area contributed by atoms with Gasteiger partial charge >= 0.3 is 6.18 Å². The molecular formula is C13H8Cl2F3N3. The van der Waals surface area contributed by atoms with Gasteiger partial charge in [-0.05, 0) is 24.3 Å². The number of alkyl halides is 3. The molecule has 0 atom stereocenters. The van der Waals surface area contributed by atoms with E-state index in [-0.39, 0.29) is 27.1 Å². The highest BCUT2D eigenvalue weighted by Gasteiger charge is 2.30. The Morgan fingerprint density at radius 1 is 1.33 bits per heavy atom. The van der Waals surface area contributed by atoms with Gasteiger partial charge in [0.2, 0.25) is 0 Å². The minimum atomic E-state index is -4.43. The number of halogens is 5. The zero-order valence-corrected chi connectivity index (χ0v) is 11.9. The van der Waals surface area contributed by atoms with Gasteiger partial charge in [0.1, 0.15) is 11.0 Å². The largest absolute Gasteiger partial charge is 0.416 e. The predicted molar refractivity (Wildman–Crippen MR) is 77.6 cm³/mol. The number of rotatable bonds is 3. The fourth-order valence-corrected chi connectivity index (χ4v) is 2.00. The third kappa shape index (κ3) is 3.46. The monoisotopic (exact) mass is 333 g/mol. The molecule has 0 saturated carbocycles. The van der Waals surface area contributed by atoms with Gasteiger partial charge in [-0.2, -0.15) is 13.2 Å². The molecule has 0 radical (unpaired) electrons. The summed E-state index contributed by atoms with van der Waals surface area (Å²) in [4.78, 5) is 6.82. The minimum Gasteiger partial charge on any atom is -0.338 e. The molecule has 1 aromatic heterocycles. The summed E-state index contributed by atoms with van der Waals surface area (Å²) in [6.07, 6.45) is -3.28. The molecule has 110 valence electrons. The first-order valence-electron chi connectivity index (χ1n) is 5.56. The van der Waals surface area contributed by atoms with E-state index in [0.717, 1.165) is 18.2 Å². The molecule has 3 nitrogen and oxygen atoms in total. The molecule has 0 unspecified atom stereocenters. The van der Waals surface area contributed by atoms with Crippen LogP contribution in [0, 0.1) is 5.41 Å². The number of H-pyrrole nitrogens is 1. The van der Waals surface area contributed by atoms with Crippen molar-refractivity contribution >= 4 is 45.0 Å². The minimum absolute atomic E-state index is 0.0742. The van der Waals surface area contributed by atoms with Crippen molar-refractivity contribution in [2.75, 3.05) is 0 Å². The van der Waals surface area contributed by atoms with E-state index in [1.807, 2.05) is 0 Å². The summed E-state index contributed by atoms with van der Waals surface area (Å²) in [5, 5.41) is 6.87. The number of benzene rings is 1. The van der Waals surface area contributed by atoms with Crippen LogP contribution in [-0.2, 0) is 6.18 Å². The fourth-order valence-electron chi connectivity index (χ4n) is 1.64. The van der Waals surface area contributed by atoms with Gasteiger partial charge in [-0.15, -0.1) is 0 Å². The number of aromatic nitrogens is 2. The lowest BCUT2D eigenvalue weighted by Crippen LogP contribution is -2.04. The quantitative estimate of drug-likeness (QED) is 0.607. The van der Waals surface area contributed by atoms with Crippen LogP contribution in [0.1, 0.15) is 11.4 Å². The van der Waals surface area contributed by atoms with E-state index in [1.165, 1.54) is 6.07 Å². The molecule has 0 saturated heterocycles. The molecule has 1 heterocycles. The maximum Gasteiger partial charge on any atom is 0.416 e. The zero-order valence-electron chi connectivity index (χ0n) is 10.4. The van der Waals surface area contributed by atoms with Crippen LogP contribution in [0.3, 0.4) is 0 Å². The average molecular weight is 334 g/mol. The summed E-state index contributed by atoms with van der Waals surface area (Å²) in [7, 11) is 0. The molecule has 0 spiro atoms. The molecule has 21 heavy (non-hydrogen) atoms. The predicted octanol–water partition coefficient (Wildman–Crippen LogP) is 4.93. The van der Waals surface area contributed by atoms with E-state index in [4.69, 9.17) is 28.6 Å². The van der Waals surface area contributed by atoms with E-state index in [1.54, 1.807) is 0 Å². The lowest BCUT2D eigenvalue weighted by molar-refractivity contribution is -0.137. The van der Waals surface area contributed by atoms with Crippen molar-refractivity contribution in [3.8, 4) is 0 Å². The molecule has 1 aromatic carbocycles. The number of hydrogen-bond donors (Lipinski definition) is 2. The molecule has 0 aliphatic carbocycles. The van der Waals surface area contributed by atoms with Gasteiger partial charge in [0.25, 0.3) is 0 Å². The van der Waals surface area contributed by atoms with E-state index in [2.05, 4.69) is 16.5 Å². The van der Waals surface area contributed by atoms with Gasteiger partial charge in [-0.25, -0.2) is 4.98 Å². The zero-order chi connectivity index (χ0) is 15.8. The van der Waals surface area contributed by atoms with Gasteiger partial charge in [-0.3, -0.25) is 5.41 Å². The van der Waals surface area contributed by atoms with Gasteiger partial charge < -0.3 is 4.98 Å². The van der Waals surface area contributed by atoms with Crippen molar-refractivity contribution in [2.24, 2.45) is 0 Å². The molecule has 2 aromatic rings. The second-order valence-corrected chi connectivity index (χ2v) is 4.95. The number of aromatic amines is 1. The third-order valence-corrected chi connectivity index (χ3v) is 3.08. The Bertz CT molecular complexity index is 760. The van der Waals surface area contributed by atoms with E-state index in [9.17, 15) is 13.2 Å². The number of allylic oxidation sites excluding steroid dienone is 3. The number of imidazole rings is 1. The summed E-state index contributed by atoms with van der Waals surface area (Å²) < 4.78 is 37.9. The van der Waals surface area contributed by atoms with E-state index in [0.29, 0.717) is 5.52 Å². The van der Waals surface area contributed by atoms with Crippen molar-refractivity contribution in [3.05, 3.63) is 47.3 Å². The second-order valence-electron chi connectivity index (χ2n) is 4.13. The number of hydrogen-bond acceptors (Lipinski definition) is 2. The maximum atomic E-state index is 12.6. The van der Waals surface area contributed by atoms with Gasteiger partial charge in [-0.1, -0.05) is 29.8 Å². The van der Waals surface area contributed by atoms with Crippen molar-refractivity contribution in [2.45, 2.75) is 6.18 Å². The lowest BCUT2D eigenvalue weighted by Gasteiger charge is -2.05. The van der Waals surface area contributed by atoms with Crippen LogP contribution in [-0.4, -0.2) is 15.1 Å². The molecule has 8 heteroatoms. The lowest BCUT2D eigenvalue weighted by atomic mass is 10.2. The molecule has 0 bridgehead atoms. The van der Waals surface area contributed by atoms with Crippen LogP contribution in [0.25, 0.3) is 16.6 Å². The SMILES string of the molecule is C=C(/C(Cl)=C\C(=N)Cl)c1nc2ccc(C(F)(F)F)cc2[nH]1. The molecule has 0 aliphatic rings. The molecule has 2 N–H and O–H groups in total.